The summed E-state index contributed by atoms with van der Waals surface area (Å²) < 4.78 is 0. The van der Waals surface area contributed by atoms with E-state index >= 15 is 0 Å². The molecule has 32 heavy (non-hydrogen) atoms. The van der Waals surface area contributed by atoms with Gasteiger partial charge in [-0.05, 0) is 38.5 Å². The maximum absolute atomic E-state index is 12.0. The highest BCUT2D eigenvalue weighted by molar-refractivity contribution is 5.89. The number of aliphatic hydroxyl groups is 1. The first-order valence-electron chi connectivity index (χ1n) is 10.7. The molecule has 1 saturated heterocycles. The summed E-state index contributed by atoms with van der Waals surface area (Å²) in [7, 11) is 0. The number of carbonyl (C=O) groups is 1. The molecule has 0 aromatic carbocycles. The molecule has 0 spiro atoms. The summed E-state index contributed by atoms with van der Waals surface area (Å²) in [5.41, 5.74) is 2.18. The predicted octanol–water partition coefficient (Wildman–Crippen LogP) is 1.97. The molecule has 4 heterocycles. The van der Waals surface area contributed by atoms with Crippen molar-refractivity contribution in [3.05, 3.63) is 41.9 Å². The van der Waals surface area contributed by atoms with E-state index in [1.807, 2.05) is 30.9 Å². The molecule has 0 saturated carbocycles. The van der Waals surface area contributed by atoms with Crippen molar-refractivity contribution in [2.75, 3.05) is 30.3 Å². The summed E-state index contributed by atoms with van der Waals surface area (Å²) in [6.45, 7) is 8.14. The van der Waals surface area contributed by atoms with Crippen LogP contribution < -0.4 is 16.0 Å². The van der Waals surface area contributed by atoms with Crippen molar-refractivity contribution in [2.45, 2.75) is 39.5 Å². The molecule has 3 aromatic heterocycles. The van der Waals surface area contributed by atoms with Crippen molar-refractivity contribution >= 4 is 34.4 Å². The van der Waals surface area contributed by atoms with Gasteiger partial charge in [0.1, 0.15) is 11.3 Å². The maximum atomic E-state index is 12.0. The molecule has 10 heteroatoms. The fourth-order valence-corrected chi connectivity index (χ4v) is 3.45. The lowest BCUT2D eigenvalue weighted by molar-refractivity contribution is -0.132. The Kier molecular flexibility index (Phi) is 6.42. The van der Waals surface area contributed by atoms with Crippen LogP contribution in [0, 0.1) is 0 Å². The first kappa shape index (κ1) is 21.8. The fraction of sp³-hybridized carbons (Fsp3) is 0.409. The van der Waals surface area contributed by atoms with Gasteiger partial charge in [-0.2, -0.15) is 0 Å². The van der Waals surface area contributed by atoms with Crippen LogP contribution in [0.3, 0.4) is 0 Å². The number of aromatic nitrogens is 4. The Hall–Kier alpha value is -3.37. The van der Waals surface area contributed by atoms with Crippen molar-refractivity contribution < 1.29 is 9.90 Å². The molecule has 3 aromatic rings. The summed E-state index contributed by atoms with van der Waals surface area (Å²) in [4.78, 5) is 31.8. The number of amides is 1. The maximum Gasteiger partial charge on any atom is 0.236 e. The molecule has 0 bridgehead atoms. The molecule has 1 unspecified atom stereocenters. The first-order valence-corrected chi connectivity index (χ1v) is 10.7. The average molecular weight is 437 g/mol. The molecule has 4 rings (SSSR count). The van der Waals surface area contributed by atoms with E-state index in [0.29, 0.717) is 48.4 Å². The van der Waals surface area contributed by atoms with Crippen molar-refractivity contribution in [3.8, 4) is 0 Å². The molecule has 0 radical (unpaired) electrons. The van der Waals surface area contributed by atoms with E-state index in [1.165, 1.54) is 0 Å². The molecule has 1 aliphatic rings. The van der Waals surface area contributed by atoms with Gasteiger partial charge in [0.05, 0.1) is 18.3 Å². The third-order valence-electron chi connectivity index (χ3n) is 5.06. The molecular formula is C22H28N8O2. The number of carbonyl (C=O) groups excluding carboxylic acids is 1. The highest BCUT2D eigenvalue weighted by Crippen LogP contribution is 2.25. The molecule has 1 aliphatic heterocycles. The van der Waals surface area contributed by atoms with Crippen LogP contribution in [-0.2, 0) is 11.3 Å². The summed E-state index contributed by atoms with van der Waals surface area (Å²) in [6, 6.07) is 5.73. The lowest BCUT2D eigenvalue weighted by atomic mass is 10.2. The molecule has 10 nitrogen and oxygen atoms in total. The number of hydrogen-bond donors (Lipinski definition) is 4. The van der Waals surface area contributed by atoms with Crippen LogP contribution in [-0.4, -0.2) is 61.5 Å². The Bertz CT molecular complexity index is 1100. The van der Waals surface area contributed by atoms with E-state index in [0.717, 1.165) is 17.5 Å². The zero-order valence-electron chi connectivity index (χ0n) is 18.5. The van der Waals surface area contributed by atoms with Gasteiger partial charge in [0, 0.05) is 43.5 Å². The lowest BCUT2D eigenvalue weighted by Gasteiger charge is -2.27. The van der Waals surface area contributed by atoms with E-state index in [1.54, 1.807) is 25.4 Å². The van der Waals surface area contributed by atoms with Gasteiger partial charge in [0.2, 0.25) is 11.9 Å². The summed E-state index contributed by atoms with van der Waals surface area (Å²) in [6.07, 6.45) is 2.76. The average Bonchev–Trinajstić information content (AvgIpc) is 2.76. The second kappa shape index (κ2) is 9.41. The second-order valence-electron chi connectivity index (χ2n) is 8.17. The number of rotatable bonds is 7. The van der Waals surface area contributed by atoms with E-state index < -0.39 is 6.10 Å². The monoisotopic (exact) mass is 436 g/mol. The van der Waals surface area contributed by atoms with Crippen molar-refractivity contribution in [1.82, 2.24) is 30.2 Å². The number of pyridine rings is 2. The van der Waals surface area contributed by atoms with Gasteiger partial charge in [-0.15, -0.1) is 0 Å². The molecule has 1 atom stereocenters. The van der Waals surface area contributed by atoms with Crippen LogP contribution in [0.15, 0.2) is 30.6 Å². The van der Waals surface area contributed by atoms with Gasteiger partial charge in [-0.1, -0.05) is 6.07 Å². The second-order valence-corrected chi connectivity index (χ2v) is 8.17. The first-order chi connectivity index (χ1) is 15.4. The zero-order valence-corrected chi connectivity index (χ0v) is 18.5. The predicted molar refractivity (Wildman–Crippen MR) is 123 cm³/mol. The van der Waals surface area contributed by atoms with Crippen molar-refractivity contribution in [2.24, 2.45) is 0 Å². The number of nitrogens with zero attached hydrogens (tertiary/aromatic N) is 5. The Balaban J connectivity index is 1.53. The Morgan fingerprint density at radius 2 is 2.03 bits per heavy atom. The SMILES string of the molecule is CC(C)Nc1nc(C(C)O)cc2cnc(Nc3ccc(CN4CCNCC4=O)cn3)nc12. The molecule has 1 fully saturated rings. The number of hydrogen-bond acceptors (Lipinski definition) is 9. The topological polar surface area (TPSA) is 128 Å². The molecule has 0 aliphatic carbocycles. The number of fused-ring (bicyclic) bond motifs is 1. The minimum atomic E-state index is -0.691. The van der Waals surface area contributed by atoms with Crippen LogP contribution in [0.25, 0.3) is 10.9 Å². The van der Waals surface area contributed by atoms with E-state index in [-0.39, 0.29) is 11.9 Å². The van der Waals surface area contributed by atoms with Gasteiger partial charge >= 0.3 is 0 Å². The van der Waals surface area contributed by atoms with Crippen LogP contribution in [0.1, 0.15) is 38.1 Å². The largest absolute Gasteiger partial charge is 0.387 e. The number of piperazine rings is 1. The van der Waals surface area contributed by atoms with Crippen LogP contribution in [0.2, 0.25) is 0 Å². The van der Waals surface area contributed by atoms with E-state index in [2.05, 4.69) is 35.9 Å². The lowest BCUT2D eigenvalue weighted by Crippen LogP contribution is -2.47. The fourth-order valence-electron chi connectivity index (χ4n) is 3.45. The van der Waals surface area contributed by atoms with Gasteiger partial charge in [0.15, 0.2) is 5.82 Å². The molecule has 4 N–H and O–H groups in total. The third kappa shape index (κ3) is 5.09. The van der Waals surface area contributed by atoms with Crippen LogP contribution in [0.4, 0.5) is 17.6 Å². The number of anilines is 3. The zero-order chi connectivity index (χ0) is 22.7. The van der Waals surface area contributed by atoms with Crippen LogP contribution >= 0.6 is 0 Å². The summed E-state index contributed by atoms with van der Waals surface area (Å²) in [5, 5.41) is 20.2. The van der Waals surface area contributed by atoms with Gasteiger partial charge < -0.3 is 26.0 Å². The number of nitrogens with one attached hydrogen (secondary N) is 3. The third-order valence-corrected chi connectivity index (χ3v) is 5.06. The molecular weight excluding hydrogens is 408 g/mol. The summed E-state index contributed by atoms with van der Waals surface area (Å²) >= 11 is 0. The standard InChI is InChI=1S/C22H28N8O2/c1-13(2)26-21-20-16(8-17(27-21)14(3)31)10-25-22(29-20)28-18-5-4-15(9-24-18)12-30-7-6-23-11-19(30)32/h4-5,8-10,13-14,23,31H,6-7,11-12H2,1-3H3,(H,26,27)(H,24,25,28,29). The Labute approximate surface area is 186 Å². The number of aliphatic hydroxyl groups excluding tert-OH is 1. The smallest absolute Gasteiger partial charge is 0.236 e. The molecule has 168 valence electrons. The van der Waals surface area contributed by atoms with E-state index in [4.69, 9.17) is 0 Å². The van der Waals surface area contributed by atoms with Gasteiger partial charge in [0.25, 0.3) is 0 Å². The Morgan fingerprint density at radius 1 is 1.19 bits per heavy atom. The van der Waals surface area contributed by atoms with Crippen LogP contribution in [0.5, 0.6) is 0 Å². The summed E-state index contributed by atoms with van der Waals surface area (Å²) in [5.74, 6) is 1.70. The minimum Gasteiger partial charge on any atom is -0.387 e. The quantitative estimate of drug-likeness (QED) is 0.439. The Morgan fingerprint density at radius 3 is 2.72 bits per heavy atom. The van der Waals surface area contributed by atoms with Gasteiger partial charge in [-0.25, -0.2) is 19.9 Å². The highest BCUT2D eigenvalue weighted by Gasteiger charge is 2.18. The van der Waals surface area contributed by atoms with Crippen molar-refractivity contribution in [1.29, 1.82) is 0 Å². The normalized spacial score (nSPS) is 15.3. The van der Waals surface area contributed by atoms with Gasteiger partial charge in [-0.3, -0.25) is 4.79 Å². The van der Waals surface area contributed by atoms with E-state index in [9.17, 15) is 9.90 Å². The highest BCUT2D eigenvalue weighted by atomic mass is 16.3. The minimum absolute atomic E-state index is 0.0983. The molecule has 1 amide bonds. The van der Waals surface area contributed by atoms with Crippen molar-refractivity contribution in [3.63, 3.8) is 0 Å².